The minimum Gasteiger partial charge on any atom is -0.466 e. The molecular formula is C69H131NO5. The average molecular weight is 1050 g/mol. The van der Waals surface area contributed by atoms with Crippen molar-refractivity contribution in [2.75, 3.05) is 13.2 Å². The molecule has 0 bridgehead atoms. The van der Waals surface area contributed by atoms with Gasteiger partial charge >= 0.3 is 5.97 Å². The molecule has 0 fully saturated rings. The van der Waals surface area contributed by atoms with Gasteiger partial charge in [0.1, 0.15) is 0 Å². The molecule has 75 heavy (non-hydrogen) atoms. The largest absolute Gasteiger partial charge is 0.466 e. The third-order valence-corrected chi connectivity index (χ3v) is 15.7. The number of allylic oxidation sites excluding steroid dienone is 5. The number of rotatable bonds is 63. The summed E-state index contributed by atoms with van der Waals surface area (Å²) >= 11 is 0. The lowest BCUT2D eigenvalue weighted by Gasteiger charge is -2.20. The molecule has 0 aliphatic heterocycles. The molecular weight excluding hydrogens is 923 g/mol. The Labute approximate surface area is 468 Å². The van der Waals surface area contributed by atoms with Gasteiger partial charge in [-0.1, -0.05) is 326 Å². The second kappa shape index (κ2) is 64.6. The summed E-state index contributed by atoms with van der Waals surface area (Å²) in [6, 6.07) is -0.626. The van der Waals surface area contributed by atoms with E-state index in [1.165, 1.54) is 289 Å². The first-order valence-electron chi connectivity index (χ1n) is 33.8. The second-order valence-corrected chi connectivity index (χ2v) is 23.2. The molecule has 0 heterocycles. The summed E-state index contributed by atoms with van der Waals surface area (Å²) in [6.07, 6.45) is 82.1. The number of carbonyl (C=O) groups is 2. The highest BCUT2D eigenvalue weighted by Gasteiger charge is 2.18. The fraction of sp³-hybridized carbons (Fsp3) is 0.884. The minimum absolute atomic E-state index is 0.00386. The maximum atomic E-state index is 12.5. The molecule has 0 rings (SSSR count). The molecule has 0 aromatic carbocycles. The standard InChI is InChI=1S/C69H131NO5/c1-3-5-7-9-11-13-15-17-19-34-37-41-45-49-53-57-61-67(72)66(65-71)70-68(73)62-58-54-50-46-42-38-35-31-29-27-25-23-21-20-22-24-26-28-30-32-36-40-44-48-52-56-60-64-75-69(74)63-59-55-51-47-43-39-33-18-16-14-12-10-8-6-4-2/h12,14,18,33,57,61,66-67,71-72H,3-11,13,15-17,19-32,34-56,58-60,62-65H2,1-2H3,(H,70,73)/b14-12-,33-18-,61-57+. The Bertz CT molecular complexity index is 1210. The lowest BCUT2D eigenvalue weighted by Crippen LogP contribution is -2.45. The van der Waals surface area contributed by atoms with E-state index in [9.17, 15) is 19.8 Å². The fourth-order valence-electron chi connectivity index (χ4n) is 10.5. The van der Waals surface area contributed by atoms with Crippen LogP contribution in [-0.2, 0) is 14.3 Å². The van der Waals surface area contributed by atoms with Crippen molar-refractivity contribution in [1.29, 1.82) is 0 Å². The number of hydrogen-bond donors (Lipinski definition) is 3. The first-order chi connectivity index (χ1) is 37.0. The van der Waals surface area contributed by atoms with Crippen LogP contribution in [0.25, 0.3) is 0 Å². The van der Waals surface area contributed by atoms with E-state index in [1.807, 2.05) is 6.08 Å². The summed E-state index contributed by atoms with van der Waals surface area (Å²) in [5, 5.41) is 23.2. The Morgan fingerprint density at radius 1 is 0.373 bits per heavy atom. The number of amides is 1. The molecule has 0 aliphatic rings. The van der Waals surface area contributed by atoms with Crippen molar-refractivity contribution in [2.45, 2.75) is 379 Å². The molecule has 442 valence electrons. The van der Waals surface area contributed by atoms with Crippen LogP contribution in [0.5, 0.6) is 0 Å². The summed E-state index contributed by atoms with van der Waals surface area (Å²) < 4.78 is 5.48. The SMILES string of the molecule is CCCCC/C=C\C/C=C\CCCCCCCC(=O)OCCCCCCCCCCCCCCCCCCCCCCCCCCCCCC(=O)NC(CO)C(O)/C=C/CCCCCCCCCCCCCCCC. The molecule has 0 aromatic rings. The van der Waals surface area contributed by atoms with Crippen LogP contribution in [0.4, 0.5) is 0 Å². The van der Waals surface area contributed by atoms with Gasteiger partial charge in [0.2, 0.25) is 5.91 Å². The predicted octanol–water partition coefficient (Wildman–Crippen LogP) is 21.5. The Hall–Kier alpha value is -1.92. The van der Waals surface area contributed by atoms with E-state index in [-0.39, 0.29) is 18.5 Å². The van der Waals surface area contributed by atoms with Crippen LogP contribution < -0.4 is 5.32 Å². The molecule has 0 spiro atoms. The zero-order chi connectivity index (χ0) is 54.3. The number of esters is 1. The first kappa shape index (κ1) is 73.1. The highest BCUT2D eigenvalue weighted by molar-refractivity contribution is 5.76. The van der Waals surface area contributed by atoms with E-state index in [4.69, 9.17) is 4.74 Å². The van der Waals surface area contributed by atoms with Crippen molar-refractivity contribution in [3.05, 3.63) is 36.5 Å². The number of unbranched alkanes of at least 4 members (excludes halogenated alkanes) is 48. The lowest BCUT2D eigenvalue weighted by molar-refractivity contribution is -0.143. The molecule has 2 unspecified atom stereocenters. The Morgan fingerprint density at radius 2 is 0.667 bits per heavy atom. The van der Waals surface area contributed by atoms with E-state index >= 15 is 0 Å². The van der Waals surface area contributed by atoms with Crippen molar-refractivity contribution < 1.29 is 24.5 Å². The van der Waals surface area contributed by atoms with Crippen LogP contribution in [0.3, 0.4) is 0 Å². The molecule has 6 nitrogen and oxygen atoms in total. The smallest absolute Gasteiger partial charge is 0.305 e. The van der Waals surface area contributed by atoms with Gasteiger partial charge < -0.3 is 20.3 Å². The average Bonchev–Trinajstić information content (AvgIpc) is 3.41. The first-order valence-corrected chi connectivity index (χ1v) is 33.8. The maximum absolute atomic E-state index is 12.5. The molecule has 0 aliphatic carbocycles. The van der Waals surface area contributed by atoms with Gasteiger partial charge in [-0.15, -0.1) is 0 Å². The van der Waals surface area contributed by atoms with Crippen LogP contribution in [-0.4, -0.2) is 47.4 Å². The molecule has 3 N–H and O–H groups in total. The number of aliphatic hydroxyl groups excluding tert-OH is 2. The highest BCUT2D eigenvalue weighted by Crippen LogP contribution is 2.18. The number of ether oxygens (including phenoxy) is 1. The molecule has 0 aromatic heterocycles. The molecule has 0 saturated carbocycles. The van der Waals surface area contributed by atoms with Crippen molar-refractivity contribution in [3.8, 4) is 0 Å². The van der Waals surface area contributed by atoms with Gasteiger partial charge in [-0.3, -0.25) is 9.59 Å². The molecule has 1 amide bonds. The monoisotopic (exact) mass is 1050 g/mol. The van der Waals surface area contributed by atoms with Crippen LogP contribution in [0, 0.1) is 0 Å². The zero-order valence-corrected chi connectivity index (χ0v) is 50.5. The van der Waals surface area contributed by atoms with E-state index in [1.54, 1.807) is 6.08 Å². The van der Waals surface area contributed by atoms with Gasteiger partial charge in [0.05, 0.1) is 25.4 Å². The van der Waals surface area contributed by atoms with E-state index in [2.05, 4.69) is 43.5 Å². The Kier molecular flexibility index (Phi) is 63.0. The quantitative estimate of drug-likeness (QED) is 0.0320. The van der Waals surface area contributed by atoms with Gasteiger partial charge in [0.25, 0.3) is 0 Å². The second-order valence-electron chi connectivity index (χ2n) is 23.2. The van der Waals surface area contributed by atoms with Gasteiger partial charge in [0.15, 0.2) is 0 Å². The highest BCUT2D eigenvalue weighted by atomic mass is 16.5. The van der Waals surface area contributed by atoms with Crippen molar-refractivity contribution in [1.82, 2.24) is 5.32 Å². The van der Waals surface area contributed by atoms with Gasteiger partial charge in [-0.25, -0.2) is 0 Å². The predicted molar refractivity (Wildman–Crippen MR) is 329 cm³/mol. The molecule has 2 atom stereocenters. The third-order valence-electron chi connectivity index (χ3n) is 15.7. The molecule has 0 radical (unpaired) electrons. The molecule has 6 heteroatoms. The normalized spacial score (nSPS) is 12.7. The summed E-state index contributed by atoms with van der Waals surface area (Å²) in [6.45, 7) is 4.90. The van der Waals surface area contributed by atoms with Gasteiger partial charge in [0, 0.05) is 12.8 Å². The Morgan fingerprint density at radius 3 is 1.04 bits per heavy atom. The van der Waals surface area contributed by atoms with Crippen LogP contribution in [0.15, 0.2) is 36.5 Å². The van der Waals surface area contributed by atoms with E-state index < -0.39 is 12.1 Å². The van der Waals surface area contributed by atoms with Gasteiger partial charge in [-0.05, 0) is 64.2 Å². The van der Waals surface area contributed by atoms with Gasteiger partial charge in [-0.2, -0.15) is 0 Å². The number of nitrogens with one attached hydrogen (secondary N) is 1. The molecule has 0 saturated heterocycles. The summed E-state index contributed by atoms with van der Waals surface area (Å²) in [7, 11) is 0. The van der Waals surface area contributed by atoms with E-state index in [0.29, 0.717) is 19.4 Å². The van der Waals surface area contributed by atoms with Crippen LogP contribution >= 0.6 is 0 Å². The summed E-state index contributed by atoms with van der Waals surface area (Å²) in [5.74, 6) is -0.0593. The zero-order valence-electron chi connectivity index (χ0n) is 50.5. The van der Waals surface area contributed by atoms with E-state index in [0.717, 1.165) is 51.4 Å². The van der Waals surface area contributed by atoms with Crippen LogP contribution in [0.1, 0.15) is 367 Å². The number of carbonyl (C=O) groups excluding carboxylic acids is 2. The lowest BCUT2D eigenvalue weighted by atomic mass is 10.0. The van der Waals surface area contributed by atoms with Crippen molar-refractivity contribution in [2.24, 2.45) is 0 Å². The Balaban J connectivity index is 3.37. The topological polar surface area (TPSA) is 95.9 Å². The third kappa shape index (κ3) is 61.2. The number of aliphatic hydroxyl groups is 2. The van der Waals surface area contributed by atoms with Crippen LogP contribution in [0.2, 0.25) is 0 Å². The minimum atomic E-state index is -0.843. The fourth-order valence-corrected chi connectivity index (χ4v) is 10.5. The number of hydrogen-bond acceptors (Lipinski definition) is 5. The van der Waals surface area contributed by atoms with Crippen molar-refractivity contribution in [3.63, 3.8) is 0 Å². The van der Waals surface area contributed by atoms with Crippen molar-refractivity contribution >= 4 is 11.9 Å². The summed E-state index contributed by atoms with van der Waals surface area (Å²) in [4.78, 5) is 24.5. The maximum Gasteiger partial charge on any atom is 0.305 e. The summed E-state index contributed by atoms with van der Waals surface area (Å²) in [5.41, 5.74) is 0.